The zero-order chi connectivity index (χ0) is 12.3. The predicted octanol–water partition coefficient (Wildman–Crippen LogP) is 3.09. The Kier molecular flexibility index (Phi) is 4.63. The molecule has 0 aromatic heterocycles. The van der Waals surface area contributed by atoms with E-state index in [1.54, 1.807) is 0 Å². The molecule has 2 rings (SSSR count). The topological polar surface area (TPSA) is 31.0 Å². The number of ether oxygens (including phenoxy) is 1. The first kappa shape index (κ1) is 13.5. The van der Waals surface area contributed by atoms with Crippen molar-refractivity contribution < 1.29 is 13.6 Å². The van der Waals surface area contributed by atoms with Crippen molar-refractivity contribution in [3.63, 3.8) is 0 Å². The summed E-state index contributed by atoms with van der Waals surface area (Å²) in [4.78, 5) is 0. The molecule has 0 amide bonds. The Hall–Kier alpha value is 0.0969. The van der Waals surface area contributed by atoms with Gasteiger partial charge in [-0.3, -0.25) is 0 Å². The second kappa shape index (κ2) is 5.82. The second-order valence-electron chi connectivity index (χ2n) is 5.23. The van der Waals surface area contributed by atoms with Crippen molar-refractivity contribution in [2.75, 3.05) is 13.2 Å². The lowest BCUT2D eigenvalue weighted by Gasteiger charge is -2.33. The summed E-state index contributed by atoms with van der Waals surface area (Å²) in [6.07, 6.45) is 4.96. The van der Waals surface area contributed by atoms with E-state index in [1.165, 1.54) is 19.3 Å². The Balaban J connectivity index is 1.90. The highest BCUT2D eigenvalue weighted by Crippen LogP contribution is 2.42. The number of epoxide rings is 1. The fourth-order valence-electron chi connectivity index (χ4n) is 3.15. The average Bonchev–Trinajstić information content (AvgIpc) is 3.08. The molecule has 1 saturated heterocycles. The summed E-state index contributed by atoms with van der Waals surface area (Å²) in [6, 6.07) is 2.23. The lowest BCUT2D eigenvalue weighted by Crippen LogP contribution is -2.43. The highest BCUT2D eigenvalue weighted by molar-refractivity contribution is 6.67. The normalized spacial score (nSPS) is 32.3. The van der Waals surface area contributed by atoms with Crippen LogP contribution in [0.4, 0.5) is 0 Å². The van der Waals surface area contributed by atoms with Crippen molar-refractivity contribution in [3.8, 4) is 0 Å². The second-order valence-corrected chi connectivity index (χ2v) is 8.74. The quantitative estimate of drug-likeness (QED) is 0.519. The van der Waals surface area contributed by atoms with Gasteiger partial charge >= 0.3 is 8.56 Å². The number of hydrogen-bond acceptors (Lipinski definition) is 3. The predicted molar refractivity (Wildman–Crippen MR) is 70.3 cm³/mol. The van der Waals surface area contributed by atoms with Gasteiger partial charge < -0.3 is 13.6 Å². The molecule has 0 aromatic rings. The van der Waals surface area contributed by atoms with Crippen LogP contribution in [-0.2, 0) is 13.6 Å². The molecule has 3 nitrogen and oxygen atoms in total. The number of hydrogen-bond donors (Lipinski definition) is 0. The van der Waals surface area contributed by atoms with Crippen molar-refractivity contribution >= 4 is 8.56 Å². The molecule has 1 saturated carbocycles. The minimum Gasteiger partial charge on any atom is -0.394 e. The summed E-state index contributed by atoms with van der Waals surface area (Å²) in [7, 11) is -1.92. The van der Waals surface area contributed by atoms with Gasteiger partial charge in [0.15, 0.2) is 0 Å². The van der Waals surface area contributed by atoms with E-state index in [2.05, 4.69) is 20.8 Å². The molecule has 1 aliphatic heterocycles. The van der Waals surface area contributed by atoms with Crippen LogP contribution in [0.25, 0.3) is 0 Å². The number of rotatable bonds is 7. The van der Waals surface area contributed by atoms with Gasteiger partial charge in [0.1, 0.15) is 0 Å². The third-order valence-electron chi connectivity index (χ3n) is 4.07. The molecule has 0 N–H and O–H groups in total. The van der Waals surface area contributed by atoms with Gasteiger partial charge in [-0.15, -0.1) is 0 Å². The first-order valence-corrected chi connectivity index (χ1v) is 9.39. The molecule has 4 heteroatoms. The first-order chi connectivity index (χ1) is 8.23. The van der Waals surface area contributed by atoms with Crippen LogP contribution >= 0.6 is 0 Å². The van der Waals surface area contributed by atoms with Crippen molar-refractivity contribution in [2.45, 2.75) is 64.3 Å². The van der Waals surface area contributed by atoms with E-state index >= 15 is 0 Å². The lowest BCUT2D eigenvalue weighted by molar-refractivity contribution is 0.175. The highest BCUT2D eigenvalue weighted by atomic mass is 28.4. The molecular weight excluding hydrogens is 232 g/mol. The van der Waals surface area contributed by atoms with E-state index in [-0.39, 0.29) is 0 Å². The molecule has 0 aromatic carbocycles. The third-order valence-corrected chi connectivity index (χ3v) is 7.97. The third kappa shape index (κ3) is 3.31. The van der Waals surface area contributed by atoms with Gasteiger partial charge in [-0.05, 0) is 51.1 Å². The van der Waals surface area contributed by atoms with Gasteiger partial charge in [-0.1, -0.05) is 6.92 Å². The highest BCUT2D eigenvalue weighted by Gasteiger charge is 2.47. The smallest absolute Gasteiger partial charge is 0.338 e. The van der Waals surface area contributed by atoms with Crippen molar-refractivity contribution in [1.29, 1.82) is 0 Å². The van der Waals surface area contributed by atoms with E-state index in [0.29, 0.717) is 12.2 Å². The van der Waals surface area contributed by atoms with Crippen LogP contribution in [0.15, 0.2) is 0 Å². The summed E-state index contributed by atoms with van der Waals surface area (Å²) < 4.78 is 17.7. The van der Waals surface area contributed by atoms with Crippen molar-refractivity contribution in [3.05, 3.63) is 0 Å². The molecule has 100 valence electrons. The molecule has 2 aliphatic rings. The molecule has 3 unspecified atom stereocenters. The maximum Gasteiger partial charge on any atom is 0.338 e. The van der Waals surface area contributed by atoms with Crippen LogP contribution < -0.4 is 0 Å². The van der Waals surface area contributed by atoms with E-state index in [1.807, 2.05) is 0 Å². The number of fused-ring (bicyclic) bond motifs is 1. The maximum atomic E-state index is 6.05. The molecule has 0 spiro atoms. The van der Waals surface area contributed by atoms with E-state index in [9.17, 15) is 0 Å². The lowest BCUT2D eigenvalue weighted by atomic mass is 9.91. The van der Waals surface area contributed by atoms with Crippen LogP contribution in [0.5, 0.6) is 0 Å². The summed E-state index contributed by atoms with van der Waals surface area (Å²) in [6.45, 7) is 7.95. The van der Waals surface area contributed by atoms with Crippen molar-refractivity contribution in [1.82, 2.24) is 0 Å². The molecule has 2 fully saturated rings. The van der Waals surface area contributed by atoms with Crippen molar-refractivity contribution in [2.24, 2.45) is 5.92 Å². The summed E-state index contributed by atoms with van der Waals surface area (Å²) >= 11 is 0. The summed E-state index contributed by atoms with van der Waals surface area (Å²) in [5, 5.41) is 0. The Labute approximate surface area is 106 Å². The van der Waals surface area contributed by atoms with Gasteiger partial charge in [0.25, 0.3) is 0 Å². The minimum atomic E-state index is -1.92. The fraction of sp³-hybridized carbons (Fsp3) is 1.00. The van der Waals surface area contributed by atoms with Gasteiger partial charge in [0.05, 0.1) is 12.2 Å². The minimum absolute atomic E-state index is 0.570. The van der Waals surface area contributed by atoms with Crippen LogP contribution in [0.2, 0.25) is 12.1 Å². The van der Waals surface area contributed by atoms with Crippen LogP contribution in [0.1, 0.15) is 40.0 Å². The average molecular weight is 258 g/mol. The molecule has 0 bridgehead atoms. The monoisotopic (exact) mass is 258 g/mol. The fourth-order valence-corrected chi connectivity index (χ4v) is 6.46. The zero-order valence-electron chi connectivity index (χ0n) is 11.4. The SMILES string of the molecule is CCO[Si](CC)(CC1CCC2OC2C1)OCC. The summed E-state index contributed by atoms with van der Waals surface area (Å²) in [5.74, 6) is 0.767. The molecule has 3 atom stereocenters. The van der Waals surface area contributed by atoms with Crippen LogP contribution in [0, 0.1) is 5.92 Å². The van der Waals surface area contributed by atoms with Gasteiger partial charge in [-0.25, -0.2) is 0 Å². The van der Waals surface area contributed by atoms with E-state index < -0.39 is 8.56 Å². The molecular formula is C13H26O3Si. The Morgan fingerprint density at radius 2 is 1.76 bits per heavy atom. The van der Waals surface area contributed by atoms with E-state index in [4.69, 9.17) is 13.6 Å². The van der Waals surface area contributed by atoms with E-state index in [0.717, 1.165) is 31.2 Å². The Morgan fingerprint density at radius 1 is 1.06 bits per heavy atom. The Bertz CT molecular complexity index is 241. The molecule has 17 heavy (non-hydrogen) atoms. The van der Waals surface area contributed by atoms with Crippen LogP contribution in [0.3, 0.4) is 0 Å². The maximum absolute atomic E-state index is 6.05. The molecule has 1 aliphatic carbocycles. The van der Waals surface area contributed by atoms with Gasteiger partial charge in [-0.2, -0.15) is 0 Å². The Morgan fingerprint density at radius 3 is 2.29 bits per heavy atom. The van der Waals surface area contributed by atoms with Gasteiger partial charge in [0, 0.05) is 13.2 Å². The summed E-state index contributed by atoms with van der Waals surface area (Å²) in [5.41, 5.74) is 0. The largest absolute Gasteiger partial charge is 0.394 e. The molecule has 1 heterocycles. The standard InChI is InChI=1S/C13H26O3Si/c1-4-14-17(6-3,15-5-2)10-11-7-8-12-13(9-11)16-12/h11-13H,4-10H2,1-3H3. The van der Waals surface area contributed by atoms with Crippen LogP contribution in [-0.4, -0.2) is 34.0 Å². The van der Waals surface area contributed by atoms with Gasteiger partial charge in [0.2, 0.25) is 0 Å². The molecule has 0 radical (unpaired) electrons. The zero-order valence-corrected chi connectivity index (χ0v) is 12.4. The first-order valence-electron chi connectivity index (χ1n) is 7.16.